The Labute approximate surface area is 133 Å². The van der Waals surface area contributed by atoms with Gasteiger partial charge in [-0.1, -0.05) is 0 Å². The Morgan fingerprint density at radius 3 is 2.17 bits per heavy atom. The van der Waals surface area contributed by atoms with Gasteiger partial charge in [0.2, 0.25) is 5.91 Å². The van der Waals surface area contributed by atoms with Crippen molar-refractivity contribution in [1.29, 1.82) is 0 Å². The van der Waals surface area contributed by atoms with Crippen LogP contribution < -0.4 is 14.8 Å². The number of carbonyl (C=O) groups excluding carboxylic acids is 1. The van der Waals surface area contributed by atoms with Gasteiger partial charge in [0, 0.05) is 23.9 Å². The summed E-state index contributed by atoms with van der Waals surface area (Å²) in [6, 6.07) is 5.00. The molecule has 0 spiro atoms. The third-order valence-corrected chi connectivity index (χ3v) is 4.48. The lowest BCUT2D eigenvalue weighted by molar-refractivity contribution is -0.147. The van der Waals surface area contributed by atoms with E-state index in [2.05, 4.69) is 5.32 Å². The van der Waals surface area contributed by atoms with Crippen molar-refractivity contribution in [3.05, 3.63) is 18.2 Å². The number of amides is 1. The maximum Gasteiger partial charge on any atom is 0.310 e. The van der Waals surface area contributed by atoms with Crippen LogP contribution in [0.4, 0.5) is 5.69 Å². The summed E-state index contributed by atoms with van der Waals surface area (Å²) < 4.78 is 15.9. The molecule has 2 heterocycles. The third-order valence-electron chi connectivity index (χ3n) is 4.48. The molecule has 124 valence electrons. The zero-order valence-electron chi connectivity index (χ0n) is 12.9. The Kier molecular flexibility index (Phi) is 4.12. The molecule has 23 heavy (non-hydrogen) atoms. The van der Waals surface area contributed by atoms with E-state index in [-0.39, 0.29) is 18.1 Å². The van der Waals surface area contributed by atoms with Crippen LogP contribution in [-0.2, 0) is 14.3 Å². The minimum atomic E-state index is -0.986. The van der Waals surface area contributed by atoms with Gasteiger partial charge in [-0.25, -0.2) is 0 Å². The number of anilines is 1. The highest BCUT2D eigenvalue weighted by Crippen LogP contribution is 2.44. The van der Waals surface area contributed by atoms with E-state index in [9.17, 15) is 14.7 Å². The second-order valence-corrected chi connectivity index (χ2v) is 5.77. The molecule has 0 unspecified atom stereocenters. The van der Waals surface area contributed by atoms with Crippen molar-refractivity contribution in [2.24, 2.45) is 11.8 Å². The molecule has 1 aromatic rings. The molecule has 0 aromatic heterocycles. The first kappa shape index (κ1) is 15.6. The van der Waals surface area contributed by atoms with E-state index >= 15 is 0 Å². The monoisotopic (exact) mass is 321 g/mol. The van der Waals surface area contributed by atoms with Gasteiger partial charge in [0.1, 0.15) is 11.5 Å². The summed E-state index contributed by atoms with van der Waals surface area (Å²) in [5.41, 5.74) is 0.498. The molecule has 2 bridgehead atoms. The van der Waals surface area contributed by atoms with E-state index in [1.165, 1.54) is 14.2 Å². The summed E-state index contributed by atoms with van der Waals surface area (Å²) in [7, 11) is 3.04. The molecule has 2 fully saturated rings. The van der Waals surface area contributed by atoms with Crippen molar-refractivity contribution in [2.45, 2.75) is 25.0 Å². The summed E-state index contributed by atoms with van der Waals surface area (Å²) in [6.45, 7) is 0. The van der Waals surface area contributed by atoms with Crippen LogP contribution >= 0.6 is 0 Å². The Balaban J connectivity index is 1.80. The number of hydrogen-bond donors (Lipinski definition) is 2. The first-order chi connectivity index (χ1) is 11.0. The van der Waals surface area contributed by atoms with Gasteiger partial charge >= 0.3 is 5.97 Å². The van der Waals surface area contributed by atoms with Gasteiger partial charge in [0.25, 0.3) is 0 Å². The fraction of sp³-hybridized carbons (Fsp3) is 0.500. The minimum Gasteiger partial charge on any atom is -0.497 e. The summed E-state index contributed by atoms with van der Waals surface area (Å²) in [5.74, 6) is -1.72. The maximum atomic E-state index is 12.6. The van der Waals surface area contributed by atoms with Crippen molar-refractivity contribution in [3.63, 3.8) is 0 Å². The summed E-state index contributed by atoms with van der Waals surface area (Å²) in [6.07, 6.45) is 0.716. The summed E-state index contributed by atoms with van der Waals surface area (Å²) in [5, 5.41) is 12.1. The van der Waals surface area contributed by atoms with Gasteiger partial charge in [0.15, 0.2) is 0 Å². The molecule has 1 aromatic carbocycles. The molecule has 7 heteroatoms. The van der Waals surface area contributed by atoms with Gasteiger partial charge in [-0.05, 0) is 12.8 Å². The first-order valence-electron chi connectivity index (χ1n) is 7.45. The lowest BCUT2D eigenvalue weighted by Gasteiger charge is -2.24. The third kappa shape index (κ3) is 2.84. The number of carboxylic acid groups (broad SMARTS) is 1. The van der Waals surface area contributed by atoms with Gasteiger partial charge in [0.05, 0.1) is 38.3 Å². The van der Waals surface area contributed by atoms with Crippen LogP contribution in [0.5, 0.6) is 11.5 Å². The van der Waals surface area contributed by atoms with Crippen LogP contribution in [0.1, 0.15) is 12.8 Å². The number of carboxylic acids is 1. The largest absolute Gasteiger partial charge is 0.497 e. The first-order valence-corrected chi connectivity index (χ1v) is 7.45. The van der Waals surface area contributed by atoms with E-state index in [0.717, 1.165) is 0 Å². The van der Waals surface area contributed by atoms with Crippen LogP contribution in [0.25, 0.3) is 0 Å². The number of methoxy groups -OCH3 is 2. The zero-order chi connectivity index (χ0) is 16.6. The van der Waals surface area contributed by atoms with Crippen molar-refractivity contribution in [1.82, 2.24) is 0 Å². The Hall–Kier alpha value is -2.28. The molecular formula is C16H19NO6. The van der Waals surface area contributed by atoms with Crippen LogP contribution in [0, 0.1) is 11.8 Å². The Morgan fingerprint density at radius 2 is 1.65 bits per heavy atom. The fourth-order valence-electron chi connectivity index (χ4n) is 3.43. The predicted octanol–water partition coefficient (Wildman–Crippen LogP) is 1.52. The predicted molar refractivity (Wildman–Crippen MR) is 80.7 cm³/mol. The van der Waals surface area contributed by atoms with Crippen LogP contribution in [0.15, 0.2) is 18.2 Å². The number of fused-ring (bicyclic) bond motifs is 2. The molecule has 0 radical (unpaired) electrons. The Morgan fingerprint density at radius 1 is 1.09 bits per heavy atom. The summed E-state index contributed by atoms with van der Waals surface area (Å²) in [4.78, 5) is 24.0. The van der Waals surface area contributed by atoms with Crippen LogP contribution in [0.2, 0.25) is 0 Å². The number of nitrogens with one attached hydrogen (secondary N) is 1. The smallest absolute Gasteiger partial charge is 0.310 e. The lowest BCUT2D eigenvalue weighted by Crippen LogP contribution is -2.40. The molecular weight excluding hydrogens is 302 g/mol. The van der Waals surface area contributed by atoms with Crippen molar-refractivity contribution in [2.75, 3.05) is 19.5 Å². The average Bonchev–Trinajstić information content (AvgIpc) is 3.15. The van der Waals surface area contributed by atoms with Crippen LogP contribution in [-0.4, -0.2) is 43.4 Å². The van der Waals surface area contributed by atoms with Gasteiger partial charge in [-0.3, -0.25) is 9.59 Å². The molecule has 0 aliphatic carbocycles. The van der Waals surface area contributed by atoms with E-state index in [1.54, 1.807) is 18.2 Å². The molecule has 1 amide bonds. The number of carbonyl (C=O) groups is 2. The number of benzene rings is 1. The molecule has 4 atom stereocenters. The second-order valence-electron chi connectivity index (χ2n) is 5.77. The zero-order valence-corrected chi connectivity index (χ0v) is 12.9. The van der Waals surface area contributed by atoms with Gasteiger partial charge in [-0.2, -0.15) is 0 Å². The topological polar surface area (TPSA) is 94.1 Å². The Bertz CT molecular complexity index is 609. The maximum absolute atomic E-state index is 12.6. The summed E-state index contributed by atoms with van der Waals surface area (Å²) >= 11 is 0. The van der Waals surface area contributed by atoms with Gasteiger partial charge in [-0.15, -0.1) is 0 Å². The lowest BCUT2D eigenvalue weighted by atomic mass is 9.78. The van der Waals surface area contributed by atoms with E-state index < -0.39 is 17.8 Å². The SMILES string of the molecule is COc1cc(NC(=O)[C@H]2[C@@H](C(=O)O)[C@H]3CC[C@H]2O3)cc(OC)c1. The second kappa shape index (κ2) is 6.08. The highest BCUT2D eigenvalue weighted by Gasteiger charge is 2.55. The minimum absolute atomic E-state index is 0.325. The standard InChI is InChI=1S/C16H19NO6/c1-21-9-5-8(6-10(7-9)22-2)17-15(18)13-11-3-4-12(23-11)14(13)16(19)20/h5-7,11-14H,3-4H2,1-2H3,(H,17,18)(H,19,20)/t11-,12-,13-,14+/m1/s1. The van der Waals surface area contributed by atoms with Crippen molar-refractivity contribution < 1.29 is 28.9 Å². The van der Waals surface area contributed by atoms with Gasteiger partial charge < -0.3 is 24.6 Å². The highest BCUT2D eigenvalue weighted by atomic mass is 16.5. The highest BCUT2D eigenvalue weighted by molar-refractivity contribution is 5.96. The van der Waals surface area contributed by atoms with Crippen molar-refractivity contribution in [3.8, 4) is 11.5 Å². The molecule has 2 aliphatic rings. The molecule has 3 rings (SSSR count). The van der Waals surface area contributed by atoms with E-state index in [0.29, 0.717) is 30.0 Å². The average molecular weight is 321 g/mol. The fourth-order valence-corrected chi connectivity index (χ4v) is 3.43. The quantitative estimate of drug-likeness (QED) is 0.854. The molecule has 2 N–H and O–H groups in total. The number of ether oxygens (including phenoxy) is 3. The molecule has 2 saturated heterocycles. The van der Waals surface area contributed by atoms with Crippen LogP contribution in [0.3, 0.4) is 0 Å². The number of rotatable bonds is 5. The number of aliphatic carboxylic acids is 1. The van der Waals surface area contributed by atoms with Crippen molar-refractivity contribution >= 4 is 17.6 Å². The number of hydrogen-bond acceptors (Lipinski definition) is 5. The molecule has 7 nitrogen and oxygen atoms in total. The normalized spacial score (nSPS) is 28.4. The molecule has 2 aliphatic heterocycles. The van der Waals surface area contributed by atoms with E-state index in [4.69, 9.17) is 14.2 Å². The molecule has 0 saturated carbocycles. The van der Waals surface area contributed by atoms with E-state index in [1.807, 2.05) is 0 Å².